The van der Waals surface area contributed by atoms with Crippen LogP contribution in [-0.2, 0) is 5.41 Å². The SMILES string of the molecule is C=C/C=C(\C=C)c1cccc(-c2cc3c4c(c2)c2cc(-c5cccc(C(/C=C\C)=C/C)c5)ccc2c2cc(-c5cccc(-c6ccccc6)c5)cc(c24)C3(C)C)c1.CC. The van der Waals surface area contributed by atoms with Gasteiger partial charge in [0.2, 0.25) is 0 Å². The molecule has 0 heterocycles. The molecule has 8 aromatic carbocycles. The van der Waals surface area contributed by atoms with E-state index in [9.17, 15) is 0 Å². The maximum absolute atomic E-state index is 4.10. The van der Waals surface area contributed by atoms with Crippen LogP contribution < -0.4 is 0 Å². The smallest absolute Gasteiger partial charge is 0.0159 e. The van der Waals surface area contributed by atoms with Gasteiger partial charge in [0.1, 0.15) is 0 Å². The van der Waals surface area contributed by atoms with Crippen LogP contribution >= 0.6 is 0 Å². The molecule has 0 spiro atoms. The van der Waals surface area contributed by atoms with Gasteiger partial charge < -0.3 is 0 Å². The molecule has 1 aliphatic carbocycles. The summed E-state index contributed by atoms with van der Waals surface area (Å²) in [5.41, 5.74) is 16.9. The van der Waals surface area contributed by atoms with Crippen LogP contribution in [0.4, 0.5) is 0 Å². The Balaban J connectivity index is 0.00000238. The summed E-state index contributed by atoms with van der Waals surface area (Å²) < 4.78 is 0. The number of hydrogen-bond acceptors (Lipinski definition) is 0. The van der Waals surface area contributed by atoms with Gasteiger partial charge in [-0.15, -0.1) is 0 Å². The van der Waals surface area contributed by atoms with E-state index < -0.39 is 0 Å². The van der Waals surface area contributed by atoms with E-state index in [1.807, 2.05) is 32.1 Å². The lowest BCUT2D eigenvalue weighted by molar-refractivity contribution is 0.663. The molecular weight excluding hydrogens is 709 g/mol. The lowest BCUT2D eigenvalue weighted by atomic mass is 9.80. The first-order chi connectivity index (χ1) is 28.8. The summed E-state index contributed by atoms with van der Waals surface area (Å²) in [5.74, 6) is 0. The minimum Gasteiger partial charge on any atom is -0.0990 e. The number of rotatable bonds is 9. The molecule has 0 N–H and O–H groups in total. The summed E-state index contributed by atoms with van der Waals surface area (Å²) in [7, 11) is 0. The predicted molar refractivity (Wildman–Crippen MR) is 261 cm³/mol. The summed E-state index contributed by atoms with van der Waals surface area (Å²) in [6.07, 6.45) is 12.2. The molecular formula is C59H52. The average Bonchev–Trinajstić information content (AvgIpc) is 3.53. The van der Waals surface area contributed by atoms with Crippen LogP contribution in [0.25, 0.3) is 88.0 Å². The number of fused-ring (bicyclic) bond motifs is 3. The Morgan fingerprint density at radius 1 is 0.458 bits per heavy atom. The van der Waals surface area contributed by atoms with E-state index in [1.54, 1.807) is 0 Å². The van der Waals surface area contributed by atoms with Crippen LogP contribution in [0.2, 0.25) is 0 Å². The molecule has 8 aromatic rings. The van der Waals surface area contributed by atoms with E-state index in [4.69, 9.17) is 0 Å². The van der Waals surface area contributed by atoms with Crippen LogP contribution in [0, 0.1) is 0 Å². The molecule has 0 saturated heterocycles. The maximum atomic E-state index is 4.10. The average molecular weight is 761 g/mol. The van der Waals surface area contributed by atoms with Crippen molar-refractivity contribution < 1.29 is 0 Å². The molecule has 0 bridgehead atoms. The normalized spacial score (nSPS) is 13.3. The van der Waals surface area contributed by atoms with Crippen molar-refractivity contribution in [2.75, 3.05) is 0 Å². The van der Waals surface area contributed by atoms with Crippen molar-refractivity contribution >= 4 is 43.5 Å². The summed E-state index contributed by atoms with van der Waals surface area (Å²) in [6.45, 7) is 21.0. The third-order valence-corrected chi connectivity index (χ3v) is 12.0. The third-order valence-electron chi connectivity index (χ3n) is 12.0. The minimum atomic E-state index is -0.223. The standard InChI is InChI=1S/C57H46.C2H6/c1-7-17-37(9-3)40-21-14-24-43(29-40)46-27-28-49-50(32-46)52-34-48(44-25-15-22-41(30-44)38(10-4)18-8-2)36-54-56(52)55-51(49)33-47(35-53(55)57(54,5)6)45-26-16-23-42(31-45)39-19-12-11-13-20-39;1-2/h7-36H,2,4H2,1,3,5-6H3;1-2H3/b17-7-,37-9+,38-18+;. The van der Waals surface area contributed by atoms with Gasteiger partial charge >= 0.3 is 0 Å². The number of allylic oxidation sites excluding steroid dienone is 8. The molecule has 0 nitrogen and oxygen atoms in total. The third kappa shape index (κ3) is 6.89. The van der Waals surface area contributed by atoms with Gasteiger partial charge in [-0.3, -0.25) is 0 Å². The first-order valence-corrected chi connectivity index (χ1v) is 21.0. The van der Waals surface area contributed by atoms with Gasteiger partial charge in [0.25, 0.3) is 0 Å². The van der Waals surface area contributed by atoms with Crippen molar-refractivity contribution in [2.45, 2.75) is 47.0 Å². The van der Waals surface area contributed by atoms with Gasteiger partial charge in [0.15, 0.2) is 0 Å². The molecule has 1 aliphatic rings. The van der Waals surface area contributed by atoms with E-state index in [0.717, 1.165) is 11.1 Å². The van der Waals surface area contributed by atoms with E-state index in [-0.39, 0.29) is 5.41 Å². The van der Waals surface area contributed by atoms with Gasteiger partial charge in [-0.2, -0.15) is 0 Å². The Kier molecular flexibility index (Phi) is 10.8. The van der Waals surface area contributed by atoms with Crippen LogP contribution in [0.3, 0.4) is 0 Å². The zero-order valence-corrected chi connectivity index (χ0v) is 35.2. The zero-order valence-electron chi connectivity index (χ0n) is 35.2. The lowest BCUT2D eigenvalue weighted by Gasteiger charge is -2.23. The summed E-state index contributed by atoms with van der Waals surface area (Å²) in [6, 6.07) is 54.5. The molecule has 0 saturated carbocycles. The second-order valence-corrected chi connectivity index (χ2v) is 15.7. The van der Waals surface area contributed by atoms with Gasteiger partial charge in [-0.1, -0.05) is 174 Å². The summed E-state index contributed by atoms with van der Waals surface area (Å²) in [5, 5.41) is 7.91. The Morgan fingerprint density at radius 3 is 1.53 bits per heavy atom. The monoisotopic (exact) mass is 760 g/mol. The van der Waals surface area contributed by atoms with Gasteiger partial charge in [-0.05, 0) is 173 Å². The van der Waals surface area contributed by atoms with E-state index in [2.05, 4.69) is 205 Å². The highest BCUT2D eigenvalue weighted by Gasteiger charge is 2.36. The van der Waals surface area contributed by atoms with Crippen molar-refractivity contribution in [1.82, 2.24) is 0 Å². The van der Waals surface area contributed by atoms with Crippen molar-refractivity contribution in [1.29, 1.82) is 0 Å². The minimum absolute atomic E-state index is 0.223. The summed E-state index contributed by atoms with van der Waals surface area (Å²) in [4.78, 5) is 0. The van der Waals surface area contributed by atoms with E-state index >= 15 is 0 Å². The van der Waals surface area contributed by atoms with E-state index in [0.29, 0.717) is 0 Å². The van der Waals surface area contributed by atoms with Crippen molar-refractivity contribution in [3.63, 3.8) is 0 Å². The Hall–Kier alpha value is -6.76. The first-order valence-electron chi connectivity index (χ1n) is 21.0. The second kappa shape index (κ2) is 16.2. The fourth-order valence-corrected chi connectivity index (χ4v) is 9.11. The molecule has 0 aromatic heterocycles. The molecule has 0 unspecified atom stereocenters. The van der Waals surface area contributed by atoms with Crippen molar-refractivity contribution in [3.8, 4) is 44.5 Å². The topological polar surface area (TPSA) is 0 Å². The molecule has 0 radical (unpaired) electrons. The van der Waals surface area contributed by atoms with Crippen LogP contribution in [0.1, 0.15) is 63.8 Å². The molecule has 0 atom stereocenters. The predicted octanol–water partition coefficient (Wildman–Crippen LogP) is 17.2. The van der Waals surface area contributed by atoms with Crippen LogP contribution in [-0.4, -0.2) is 0 Å². The second-order valence-electron chi connectivity index (χ2n) is 15.7. The first kappa shape index (κ1) is 39.1. The summed E-state index contributed by atoms with van der Waals surface area (Å²) >= 11 is 0. The fraction of sp³-hybridized carbons (Fsp3) is 0.119. The fourth-order valence-electron chi connectivity index (χ4n) is 9.11. The van der Waals surface area contributed by atoms with Crippen LogP contribution in [0.5, 0.6) is 0 Å². The number of benzene rings is 8. The number of hydrogen-bond donors (Lipinski definition) is 0. The highest BCUT2D eigenvalue weighted by atomic mass is 14.4. The molecule has 0 fully saturated rings. The van der Waals surface area contributed by atoms with Crippen molar-refractivity contribution in [3.05, 3.63) is 217 Å². The molecule has 0 aliphatic heterocycles. The van der Waals surface area contributed by atoms with E-state index in [1.165, 1.54) is 99.1 Å². The van der Waals surface area contributed by atoms with Crippen molar-refractivity contribution in [2.24, 2.45) is 0 Å². The van der Waals surface area contributed by atoms with Gasteiger partial charge in [-0.25, -0.2) is 0 Å². The highest BCUT2D eigenvalue weighted by Crippen LogP contribution is 2.54. The molecule has 0 heteroatoms. The van der Waals surface area contributed by atoms with Gasteiger partial charge in [0.05, 0.1) is 0 Å². The molecule has 59 heavy (non-hydrogen) atoms. The van der Waals surface area contributed by atoms with Gasteiger partial charge in [0, 0.05) is 5.41 Å². The molecule has 9 rings (SSSR count). The van der Waals surface area contributed by atoms with Crippen LogP contribution in [0.15, 0.2) is 195 Å². The Bertz CT molecular complexity index is 3010. The Morgan fingerprint density at radius 2 is 0.949 bits per heavy atom. The maximum Gasteiger partial charge on any atom is 0.0159 e. The Labute approximate surface area is 350 Å². The zero-order chi connectivity index (χ0) is 41.3. The molecule has 0 amide bonds. The highest BCUT2D eigenvalue weighted by molar-refractivity contribution is 6.30. The quantitative estimate of drug-likeness (QED) is 0.102. The largest absolute Gasteiger partial charge is 0.0990 e. The lowest BCUT2D eigenvalue weighted by Crippen LogP contribution is -2.15. The molecule has 288 valence electrons.